The molecule has 0 bridgehead atoms. The molecule has 0 spiro atoms. The molecular formula is C22H27NO2. The average Bonchev–Trinajstić information content (AvgIpc) is 2.66. The van der Waals surface area contributed by atoms with Crippen LogP contribution < -0.4 is 0 Å². The number of hydrogen-bond donors (Lipinski definition) is 1. The van der Waals surface area contributed by atoms with Crippen molar-refractivity contribution in [2.24, 2.45) is 0 Å². The third kappa shape index (κ3) is 4.56. The van der Waals surface area contributed by atoms with Crippen molar-refractivity contribution in [2.75, 3.05) is 7.05 Å². The third-order valence-electron chi connectivity index (χ3n) is 5.42. The Labute approximate surface area is 150 Å². The van der Waals surface area contributed by atoms with Crippen molar-refractivity contribution in [3.63, 3.8) is 0 Å². The summed E-state index contributed by atoms with van der Waals surface area (Å²) in [4.78, 5) is 14.8. The highest BCUT2D eigenvalue weighted by atomic mass is 16.3. The molecule has 3 nitrogen and oxygen atoms in total. The van der Waals surface area contributed by atoms with Gasteiger partial charge in [0.15, 0.2) is 5.78 Å². The summed E-state index contributed by atoms with van der Waals surface area (Å²) < 4.78 is 0. The predicted octanol–water partition coefficient (Wildman–Crippen LogP) is 4.24. The number of rotatable bonds is 6. The van der Waals surface area contributed by atoms with Crippen molar-refractivity contribution in [1.29, 1.82) is 0 Å². The van der Waals surface area contributed by atoms with E-state index in [9.17, 15) is 9.90 Å². The minimum Gasteiger partial charge on any atom is -0.388 e. The molecule has 1 fully saturated rings. The number of aliphatic hydroxyl groups is 1. The molecule has 1 N–H and O–H groups in total. The number of benzene rings is 2. The van der Waals surface area contributed by atoms with Crippen molar-refractivity contribution in [1.82, 2.24) is 4.90 Å². The third-order valence-corrected chi connectivity index (χ3v) is 5.42. The van der Waals surface area contributed by atoms with Gasteiger partial charge in [0.2, 0.25) is 0 Å². The number of carbonyl (C=O) groups excluding carboxylic acids is 1. The van der Waals surface area contributed by atoms with E-state index in [1.807, 2.05) is 60.7 Å². The molecule has 132 valence electrons. The van der Waals surface area contributed by atoms with Gasteiger partial charge in [0.05, 0.1) is 6.10 Å². The van der Waals surface area contributed by atoms with Gasteiger partial charge in [0.25, 0.3) is 0 Å². The van der Waals surface area contributed by atoms with Crippen LogP contribution >= 0.6 is 0 Å². The van der Waals surface area contributed by atoms with Crippen LogP contribution in [0.3, 0.4) is 0 Å². The summed E-state index contributed by atoms with van der Waals surface area (Å²) in [5.74, 6) is 0.210. The first kappa shape index (κ1) is 17.8. The number of piperidine rings is 1. The molecule has 1 saturated heterocycles. The standard InChI is InChI=1S/C22H27NO2/c1-23-19(15-21(24)17-9-4-2-5-10-17)13-8-14-20(23)16-22(25)18-11-6-3-7-12-18/h2-7,9-12,19-21,24H,8,13-16H2,1H3/t19-,20?,21-/m0/s1. The molecule has 3 rings (SSSR count). The Hall–Kier alpha value is -1.97. The van der Waals surface area contributed by atoms with Gasteiger partial charge in [-0.1, -0.05) is 67.1 Å². The Morgan fingerprint density at radius 1 is 1.04 bits per heavy atom. The van der Waals surface area contributed by atoms with Gasteiger partial charge in [0, 0.05) is 24.1 Å². The average molecular weight is 337 g/mol. The van der Waals surface area contributed by atoms with Gasteiger partial charge in [-0.25, -0.2) is 0 Å². The Kier molecular flexibility index (Phi) is 6.00. The molecule has 0 aromatic heterocycles. The summed E-state index contributed by atoms with van der Waals surface area (Å²) in [5, 5.41) is 10.5. The van der Waals surface area contributed by atoms with E-state index in [4.69, 9.17) is 0 Å². The van der Waals surface area contributed by atoms with E-state index in [0.717, 1.165) is 36.8 Å². The molecule has 3 atom stereocenters. The summed E-state index contributed by atoms with van der Waals surface area (Å²) in [5.41, 5.74) is 1.76. The van der Waals surface area contributed by atoms with Crippen LogP contribution in [0.15, 0.2) is 60.7 Å². The first-order valence-electron chi connectivity index (χ1n) is 9.18. The van der Waals surface area contributed by atoms with Crippen LogP contribution in [0.5, 0.6) is 0 Å². The van der Waals surface area contributed by atoms with Gasteiger partial charge in [-0.15, -0.1) is 0 Å². The summed E-state index contributed by atoms with van der Waals surface area (Å²) in [6.45, 7) is 0. The second-order valence-corrected chi connectivity index (χ2v) is 7.06. The number of carbonyl (C=O) groups is 1. The topological polar surface area (TPSA) is 40.5 Å². The second kappa shape index (κ2) is 8.41. The summed E-state index contributed by atoms with van der Waals surface area (Å²) in [7, 11) is 2.10. The van der Waals surface area contributed by atoms with Crippen molar-refractivity contribution < 1.29 is 9.90 Å². The highest BCUT2D eigenvalue weighted by Crippen LogP contribution is 2.30. The lowest BCUT2D eigenvalue weighted by molar-refractivity contribution is 0.0549. The zero-order valence-corrected chi connectivity index (χ0v) is 14.8. The van der Waals surface area contributed by atoms with Crippen molar-refractivity contribution >= 4 is 5.78 Å². The molecule has 2 aromatic rings. The van der Waals surface area contributed by atoms with Crippen LogP contribution in [-0.4, -0.2) is 34.9 Å². The summed E-state index contributed by atoms with van der Waals surface area (Å²) >= 11 is 0. The predicted molar refractivity (Wildman–Crippen MR) is 101 cm³/mol. The van der Waals surface area contributed by atoms with E-state index in [1.54, 1.807) is 0 Å². The molecule has 1 aliphatic heterocycles. The maximum absolute atomic E-state index is 12.5. The molecule has 0 amide bonds. The first-order chi connectivity index (χ1) is 12.1. The normalized spacial score (nSPS) is 22.5. The molecule has 1 unspecified atom stereocenters. The van der Waals surface area contributed by atoms with Crippen LogP contribution in [0.25, 0.3) is 0 Å². The zero-order chi connectivity index (χ0) is 17.6. The molecule has 0 radical (unpaired) electrons. The quantitative estimate of drug-likeness (QED) is 0.802. The number of nitrogens with zero attached hydrogens (tertiary/aromatic N) is 1. The second-order valence-electron chi connectivity index (χ2n) is 7.06. The smallest absolute Gasteiger partial charge is 0.164 e. The number of likely N-dealkylation sites (tertiary alicyclic amines) is 1. The number of hydrogen-bond acceptors (Lipinski definition) is 3. The molecule has 1 aliphatic rings. The van der Waals surface area contributed by atoms with Crippen molar-refractivity contribution in [3.8, 4) is 0 Å². The number of ketones is 1. The van der Waals surface area contributed by atoms with Gasteiger partial charge in [-0.3, -0.25) is 9.69 Å². The summed E-state index contributed by atoms with van der Waals surface area (Å²) in [6, 6.07) is 20.0. The maximum Gasteiger partial charge on any atom is 0.164 e. The van der Waals surface area contributed by atoms with Crippen molar-refractivity contribution in [2.45, 2.75) is 50.3 Å². The Morgan fingerprint density at radius 3 is 2.32 bits per heavy atom. The lowest BCUT2D eigenvalue weighted by atomic mass is 9.88. The molecule has 3 heteroatoms. The molecule has 25 heavy (non-hydrogen) atoms. The van der Waals surface area contributed by atoms with E-state index in [1.165, 1.54) is 0 Å². The monoisotopic (exact) mass is 337 g/mol. The molecular weight excluding hydrogens is 310 g/mol. The Morgan fingerprint density at radius 2 is 1.64 bits per heavy atom. The zero-order valence-electron chi connectivity index (χ0n) is 14.8. The van der Waals surface area contributed by atoms with Crippen LogP contribution in [0.4, 0.5) is 0 Å². The SMILES string of the molecule is CN1C(CC(=O)c2ccccc2)CCC[C@H]1C[C@H](O)c1ccccc1. The number of aliphatic hydroxyl groups excluding tert-OH is 1. The molecule has 2 aromatic carbocycles. The van der Waals surface area contributed by atoms with Gasteiger partial charge in [0.1, 0.15) is 0 Å². The van der Waals surface area contributed by atoms with Gasteiger partial charge in [-0.2, -0.15) is 0 Å². The fourth-order valence-corrected chi connectivity index (χ4v) is 3.85. The Balaban J connectivity index is 1.61. The van der Waals surface area contributed by atoms with Crippen molar-refractivity contribution in [3.05, 3.63) is 71.8 Å². The first-order valence-corrected chi connectivity index (χ1v) is 9.18. The lowest BCUT2D eigenvalue weighted by Crippen LogP contribution is -2.45. The molecule has 1 heterocycles. The van der Waals surface area contributed by atoms with Crippen LogP contribution in [-0.2, 0) is 0 Å². The highest BCUT2D eigenvalue weighted by Gasteiger charge is 2.30. The van der Waals surface area contributed by atoms with E-state index in [2.05, 4.69) is 11.9 Å². The highest BCUT2D eigenvalue weighted by molar-refractivity contribution is 5.96. The van der Waals surface area contributed by atoms with E-state index in [0.29, 0.717) is 12.5 Å². The van der Waals surface area contributed by atoms with E-state index < -0.39 is 6.10 Å². The van der Waals surface area contributed by atoms with Gasteiger partial charge in [-0.05, 0) is 31.9 Å². The van der Waals surface area contributed by atoms with E-state index >= 15 is 0 Å². The van der Waals surface area contributed by atoms with Crippen LogP contribution in [0.1, 0.15) is 54.1 Å². The number of Topliss-reactive ketones (excluding diaryl/α,β-unsaturated/α-hetero) is 1. The minimum atomic E-state index is -0.447. The molecule has 0 aliphatic carbocycles. The van der Waals surface area contributed by atoms with Gasteiger partial charge < -0.3 is 5.11 Å². The fourth-order valence-electron chi connectivity index (χ4n) is 3.85. The largest absolute Gasteiger partial charge is 0.388 e. The lowest BCUT2D eigenvalue weighted by Gasteiger charge is -2.40. The van der Waals surface area contributed by atoms with Crippen LogP contribution in [0.2, 0.25) is 0 Å². The molecule has 0 saturated carbocycles. The fraction of sp³-hybridized carbons (Fsp3) is 0.409. The summed E-state index contributed by atoms with van der Waals surface area (Å²) in [6.07, 6.45) is 4.07. The maximum atomic E-state index is 12.5. The minimum absolute atomic E-state index is 0.210. The van der Waals surface area contributed by atoms with E-state index in [-0.39, 0.29) is 11.8 Å². The Bertz CT molecular complexity index is 671. The van der Waals surface area contributed by atoms with Gasteiger partial charge >= 0.3 is 0 Å². The van der Waals surface area contributed by atoms with Crippen LogP contribution in [0, 0.1) is 0 Å².